The zero-order valence-electron chi connectivity index (χ0n) is 14.1. The zero-order chi connectivity index (χ0) is 16.9. The van der Waals surface area contributed by atoms with Crippen molar-refractivity contribution in [3.63, 3.8) is 0 Å². The van der Waals surface area contributed by atoms with Crippen LogP contribution in [0.25, 0.3) is 0 Å². The lowest BCUT2D eigenvalue weighted by atomic mass is 9.96. The average Bonchev–Trinajstić information content (AvgIpc) is 2.40. The highest BCUT2D eigenvalue weighted by molar-refractivity contribution is 7.86. The van der Waals surface area contributed by atoms with Crippen molar-refractivity contribution in [2.24, 2.45) is 5.92 Å². The smallest absolute Gasteiger partial charge is 0.297 e. The van der Waals surface area contributed by atoms with E-state index >= 15 is 0 Å². The third-order valence-corrected chi connectivity index (χ3v) is 5.37. The molecule has 1 aromatic carbocycles. The number of hydrogen-bond donors (Lipinski definition) is 0. The molecule has 1 aromatic rings. The van der Waals surface area contributed by atoms with Gasteiger partial charge in [0.25, 0.3) is 10.1 Å². The quantitative estimate of drug-likeness (QED) is 0.683. The zero-order valence-corrected chi connectivity index (χ0v) is 14.9. The number of benzene rings is 1. The molecule has 0 spiro atoms. The normalized spacial score (nSPS) is 13.1. The molecule has 1 rings (SSSR count). The van der Waals surface area contributed by atoms with Crippen LogP contribution in [0.3, 0.4) is 0 Å². The van der Waals surface area contributed by atoms with Crippen LogP contribution in [0.4, 0.5) is 0 Å². The van der Waals surface area contributed by atoms with E-state index < -0.39 is 10.1 Å². The van der Waals surface area contributed by atoms with Gasteiger partial charge in [0.1, 0.15) is 6.61 Å². The first-order valence-electron chi connectivity index (χ1n) is 7.72. The standard InChI is InChI=1S/C17H26O4S/c1-6-8-15(7-2)16(18)11-21-22(19,20)17-13(4)9-12(3)10-14(17)5/h9-10,15H,6-8,11H2,1-5H3. The highest BCUT2D eigenvalue weighted by atomic mass is 32.2. The topological polar surface area (TPSA) is 60.4 Å². The van der Waals surface area contributed by atoms with E-state index in [1.807, 2.05) is 20.8 Å². The molecule has 4 nitrogen and oxygen atoms in total. The van der Waals surface area contributed by atoms with Crippen LogP contribution in [0.2, 0.25) is 0 Å². The van der Waals surface area contributed by atoms with Crippen molar-refractivity contribution in [2.75, 3.05) is 6.61 Å². The molecule has 5 heteroatoms. The molecule has 0 aliphatic heterocycles. The van der Waals surface area contributed by atoms with Gasteiger partial charge < -0.3 is 0 Å². The molecule has 0 N–H and O–H groups in total. The summed E-state index contributed by atoms with van der Waals surface area (Å²) in [6.07, 6.45) is 2.37. The summed E-state index contributed by atoms with van der Waals surface area (Å²) in [6, 6.07) is 3.61. The highest BCUT2D eigenvalue weighted by Gasteiger charge is 2.24. The summed E-state index contributed by atoms with van der Waals surface area (Å²) in [7, 11) is -3.91. The maximum Gasteiger partial charge on any atom is 0.297 e. The molecule has 0 heterocycles. The van der Waals surface area contributed by atoms with Gasteiger partial charge in [0, 0.05) is 5.92 Å². The van der Waals surface area contributed by atoms with Crippen LogP contribution in [0.1, 0.15) is 49.8 Å². The Morgan fingerprint density at radius 3 is 2.14 bits per heavy atom. The Kier molecular flexibility index (Phi) is 6.75. The van der Waals surface area contributed by atoms with Crippen molar-refractivity contribution in [1.82, 2.24) is 0 Å². The fraction of sp³-hybridized carbons (Fsp3) is 0.588. The van der Waals surface area contributed by atoms with Crippen molar-refractivity contribution in [3.05, 3.63) is 28.8 Å². The summed E-state index contributed by atoms with van der Waals surface area (Å²) in [5.74, 6) is -0.268. The first-order valence-corrected chi connectivity index (χ1v) is 9.13. The van der Waals surface area contributed by atoms with E-state index in [2.05, 4.69) is 0 Å². The van der Waals surface area contributed by atoms with Gasteiger partial charge in [0.05, 0.1) is 4.90 Å². The van der Waals surface area contributed by atoms with E-state index in [-0.39, 0.29) is 23.2 Å². The minimum Gasteiger partial charge on any atom is -0.297 e. The molecule has 22 heavy (non-hydrogen) atoms. The summed E-state index contributed by atoms with van der Waals surface area (Å²) in [6.45, 7) is 8.95. The molecule has 0 fully saturated rings. The SMILES string of the molecule is CCCC(CC)C(=O)COS(=O)(=O)c1c(C)cc(C)cc1C. The summed E-state index contributed by atoms with van der Waals surface area (Å²) >= 11 is 0. The molecule has 0 aliphatic rings. The highest BCUT2D eigenvalue weighted by Crippen LogP contribution is 2.24. The summed E-state index contributed by atoms with van der Waals surface area (Å²) < 4.78 is 29.8. The average molecular weight is 326 g/mol. The van der Waals surface area contributed by atoms with E-state index in [0.29, 0.717) is 17.5 Å². The summed E-state index contributed by atoms with van der Waals surface area (Å²) in [5, 5.41) is 0. The molecule has 0 saturated heterocycles. The van der Waals surface area contributed by atoms with Gasteiger partial charge in [-0.15, -0.1) is 0 Å². The van der Waals surface area contributed by atoms with Gasteiger partial charge in [0.2, 0.25) is 0 Å². The Hall–Kier alpha value is -1.20. The second-order valence-electron chi connectivity index (χ2n) is 5.80. The number of carbonyl (C=O) groups is 1. The van der Waals surface area contributed by atoms with Crippen LogP contribution in [-0.4, -0.2) is 20.8 Å². The number of Topliss-reactive ketones (excluding diaryl/α,β-unsaturated/α-hetero) is 1. The lowest BCUT2D eigenvalue weighted by molar-refractivity contribution is -0.125. The van der Waals surface area contributed by atoms with E-state index in [1.54, 1.807) is 26.0 Å². The van der Waals surface area contributed by atoms with Gasteiger partial charge in [-0.25, -0.2) is 0 Å². The Bertz CT molecular complexity index is 609. The van der Waals surface area contributed by atoms with E-state index in [1.165, 1.54) is 0 Å². The lowest BCUT2D eigenvalue weighted by Crippen LogP contribution is -2.22. The van der Waals surface area contributed by atoms with Crippen LogP contribution in [-0.2, 0) is 19.1 Å². The molecular weight excluding hydrogens is 300 g/mol. The minimum absolute atomic E-state index is 0.125. The summed E-state index contributed by atoms with van der Waals surface area (Å²) in [5.41, 5.74) is 2.29. The number of aryl methyl sites for hydroxylation is 3. The second-order valence-corrected chi connectivity index (χ2v) is 7.36. The fourth-order valence-corrected chi connectivity index (χ4v) is 4.11. The van der Waals surface area contributed by atoms with Crippen LogP contribution in [0.15, 0.2) is 17.0 Å². The Balaban J connectivity index is 2.92. The number of ketones is 1. The molecule has 1 unspecified atom stereocenters. The van der Waals surface area contributed by atoms with Crippen LogP contribution in [0, 0.1) is 26.7 Å². The van der Waals surface area contributed by atoms with E-state index in [9.17, 15) is 13.2 Å². The van der Waals surface area contributed by atoms with Crippen LogP contribution in [0.5, 0.6) is 0 Å². The molecule has 0 radical (unpaired) electrons. The van der Waals surface area contributed by atoms with Crippen molar-refractivity contribution in [2.45, 2.75) is 58.8 Å². The van der Waals surface area contributed by atoms with Crippen molar-refractivity contribution < 1.29 is 17.4 Å². The largest absolute Gasteiger partial charge is 0.297 e. The summed E-state index contributed by atoms with van der Waals surface area (Å²) in [4.78, 5) is 12.3. The third kappa shape index (κ3) is 4.65. The van der Waals surface area contributed by atoms with Gasteiger partial charge in [-0.05, 0) is 44.7 Å². The first kappa shape index (κ1) is 18.8. The predicted molar refractivity (Wildman–Crippen MR) is 87.5 cm³/mol. The van der Waals surface area contributed by atoms with Crippen LogP contribution >= 0.6 is 0 Å². The Labute approximate surface area is 134 Å². The first-order chi connectivity index (χ1) is 10.2. The molecule has 0 saturated carbocycles. The maximum absolute atomic E-state index is 12.4. The van der Waals surface area contributed by atoms with Gasteiger partial charge in [0.15, 0.2) is 5.78 Å². The van der Waals surface area contributed by atoms with Crippen LogP contribution < -0.4 is 0 Å². The van der Waals surface area contributed by atoms with Crippen molar-refractivity contribution in [3.8, 4) is 0 Å². The lowest BCUT2D eigenvalue weighted by Gasteiger charge is -2.14. The monoisotopic (exact) mass is 326 g/mol. The van der Waals surface area contributed by atoms with Gasteiger partial charge in [-0.2, -0.15) is 8.42 Å². The number of hydrogen-bond acceptors (Lipinski definition) is 4. The Morgan fingerprint density at radius 1 is 1.14 bits per heavy atom. The molecular formula is C17H26O4S. The maximum atomic E-state index is 12.4. The van der Waals surface area contributed by atoms with E-state index in [0.717, 1.165) is 18.4 Å². The molecule has 1 atom stereocenters. The number of carbonyl (C=O) groups excluding carboxylic acids is 1. The number of rotatable bonds is 8. The molecule has 124 valence electrons. The molecule has 0 bridgehead atoms. The van der Waals surface area contributed by atoms with Gasteiger partial charge in [-0.3, -0.25) is 8.98 Å². The fourth-order valence-electron chi connectivity index (χ4n) is 2.81. The molecule has 0 aromatic heterocycles. The van der Waals surface area contributed by atoms with Crippen molar-refractivity contribution in [1.29, 1.82) is 0 Å². The Morgan fingerprint density at radius 2 is 1.68 bits per heavy atom. The molecule has 0 aliphatic carbocycles. The van der Waals surface area contributed by atoms with Crippen molar-refractivity contribution >= 4 is 15.9 Å². The van der Waals surface area contributed by atoms with Gasteiger partial charge >= 0.3 is 0 Å². The second kappa shape index (κ2) is 7.88. The van der Waals surface area contributed by atoms with E-state index in [4.69, 9.17) is 4.18 Å². The minimum atomic E-state index is -3.91. The molecule has 0 amide bonds. The third-order valence-electron chi connectivity index (χ3n) is 3.80. The van der Waals surface area contributed by atoms with Gasteiger partial charge in [-0.1, -0.05) is 38.0 Å². The predicted octanol–water partition coefficient (Wildman–Crippen LogP) is 3.71.